The molecule has 0 aliphatic carbocycles. The predicted molar refractivity (Wildman–Crippen MR) is 115 cm³/mol. The molecule has 1 saturated heterocycles. The van der Waals surface area contributed by atoms with Crippen LogP contribution in [-0.4, -0.2) is 55.5 Å². The molecular formula is C22H20N2O4S2. The molecular weight excluding hydrogens is 420 g/mol. The number of rotatable bonds is 5. The molecule has 1 amide bonds. The Labute approximate surface area is 179 Å². The van der Waals surface area contributed by atoms with Gasteiger partial charge in [-0.25, -0.2) is 8.42 Å². The first-order valence-corrected chi connectivity index (χ1v) is 11.8. The fourth-order valence-electron chi connectivity index (χ4n) is 3.45. The minimum absolute atomic E-state index is 0.210. The van der Waals surface area contributed by atoms with Crippen molar-refractivity contribution in [3.63, 3.8) is 0 Å². The Hall–Kier alpha value is -2.81. The van der Waals surface area contributed by atoms with Crippen LogP contribution in [0.4, 0.5) is 0 Å². The number of benzene rings is 2. The molecule has 3 aromatic rings. The van der Waals surface area contributed by atoms with Gasteiger partial charge in [-0.15, -0.1) is 11.3 Å². The highest BCUT2D eigenvalue weighted by molar-refractivity contribution is 7.91. The lowest BCUT2D eigenvalue weighted by molar-refractivity contribution is 0.0694. The number of hydrogen-bond donors (Lipinski definition) is 0. The molecule has 0 saturated carbocycles. The van der Waals surface area contributed by atoms with Crippen LogP contribution in [0.15, 0.2) is 76.3 Å². The van der Waals surface area contributed by atoms with Crippen LogP contribution in [0.2, 0.25) is 0 Å². The highest BCUT2D eigenvalue weighted by Crippen LogP contribution is 2.23. The maximum Gasteiger partial charge on any atom is 0.254 e. The molecule has 4 rings (SSSR count). The largest absolute Gasteiger partial charge is 0.336 e. The number of carbonyl (C=O) groups is 2. The topological polar surface area (TPSA) is 74.8 Å². The fourth-order valence-corrected chi connectivity index (χ4v) is 6.02. The van der Waals surface area contributed by atoms with E-state index >= 15 is 0 Å². The summed E-state index contributed by atoms with van der Waals surface area (Å²) in [7, 11) is -3.53. The second kappa shape index (κ2) is 8.51. The number of ketones is 1. The van der Waals surface area contributed by atoms with Crippen molar-refractivity contribution in [2.24, 2.45) is 0 Å². The van der Waals surface area contributed by atoms with Gasteiger partial charge in [-0.1, -0.05) is 54.6 Å². The van der Waals surface area contributed by atoms with Crippen LogP contribution in [0.3, 0.4) is 0 Å². The van der Waals surface area contributed by atoms with Gasteiger partial charge in [0.05, 0.1) is 5.56 Å². The first kappa shape index (κ1) is 20.5. The smallest absolute Gasteiger partial charge is 0.254 e. The average Bonchev–Trinajstić information content (AvgIpc) is 3.35. The van der Waals surface area contributed by atoms with E-state index in [1.165, 1.54) is 15.6 Å². The van der Waals surface area contributed by atoms with Gasteiger partial charge in [0.2, 0.25) is 0 Å². The lowest BCUT2D eigenvalue weighted by Crippen LogP contribution is -2.50. The van der Waals surface area contributed by atoms with Crippen molar-refractivity contribution in [2.75, 3.05) is 26.2 Å². The molecule has 0 N–H and O–H groups in total. The van der Waals surface area contributed by atoms with Crippen molar-refractivity contribution in [1.29, 1.82) is 0 Å². The zero-order valence-corrected chi connectivity index (χ0v) is 17.7. The van der Waals surface area contributed by atoms with Crippen molar-refractivity contribution in [2.45, 2.75) is 4.21 Å². The first-order chi connectivity index (χ1) is 14.5. The van der Waals surface area contributed by atoms with Crippen molar-refractivity contribution in [1.82, 2.24) is 9.21 Å². The lowest BCUT2D eigenvalue weighted by Gasteiger charge is -2.34. The van der Waals surface area contributed by atoms with Crippen molar-refractivity contribution in [3.05, 3.63) is 88.8 Å². The minimum Gasteiger partial charge on any atom is -0.336 e. The van der Waals surface area contributed by atoms with E-state index in [0.717, 1.165) is 0 Å². The third-order valence-corrected chi connectivity index (χ3v) is 8.32. The molecule has 2 heterocycles. The monoisotopic (exact) mass is 440 g/mol. The number of hydrogen-bond acceptors (Lipinski definition) is 5. The van der Waals surface area contributed by atoms with Crippen LogP contribution in [0.1, 0.15) is 26.3 Å². The molecule has 1 aliphatic heterocycles. The fraction of sp³-hybridized carbons (Fsp3) is 0.182. The molecule has 0 radical (unpaired) electrons. The molecule has 8 heteroatoms. The van der Waals surface area contributed by atoms with E-state index in [9.17, 15) is 18.0 Å². The second-order valence-corrected chi connectivity index (χ2v) is 9.98. The van der Waals surface area contributed by atoms with E-state index in [-0.39, 0.29) is 37.9 Å². The van der Waals surface area contributed by atoms with Gasteiger partial charge in [0.15, 0.2) is 5.78 Å². The summed E-state index contributed by atoms with van der Waals surface area (Å²) < 4.78 is 27.1. The Morgan fingerprint density at radius 3 is 2.03 bits per heavy atom. The number of sulfonamides is 1. The molecule has 30 heavy (non-hydrogen) atoms. The highest BCUT2D eigenvalue weighted by atomic mass is 32.2. The lowest BCUT2D eigenvalue weighted by atomic mass is 9.97. The van der Waals surface area contributed by atoms with E-state index < -0.39 is 10.0 Å². The van der Waals surface area contributed by atoms with E-state index in [4.69, 9.17) is 0 Å². The SMILES string of the molecule is O=C(c1ccccc1)c1ccccc1C(=O)N1CCN(S(=O)(=O)c2cccs2)CC1. The summed E-state index contributed by atoms with van der Waals surface area (Å²) in [6.07, 6.45) is 0. The van der Waals surface area contributed by atoms with Crippen LogP contribution in [0.25, 0.3) is 0 Å². The van der Waals surface area contributed by atoms with Gasteiger partial charge in [-0.3, -0.25) is 9.59 Å². The van der Waals surface area contributed by atoms with Gasteiger partial charge in [0, 0.05) is 37.3 Å². The van der Waals surface area contributed by atoms with Crippen molar-refractivity contribution < 1.29 is 18.0 Å². The van der Waals surface area contributed by atoms with E-state index in [0.29, 0.717) is 20.9 Å². The number of carbonyl (C=O) groups excluding carboxylic acids is 2. The minimum atomic E-state index is -3.53. The van der Waals surface area contributed by atoms with Gasteiger partial charge in [0.1, 0.15) is 4.21 Å². The number of amides is 1. The van der Waals surface area contributed by atoms with Gasteiger partial charge in [-0.05, 0) is 17.5 Å². The van der Waals surface area contributed by atoms with Gasteiger partial charge >= 0.3 is 0 Å². The van der Waals surface area contributed by atoms with Gasteiger partial charge in [-0.2, -0.15) is 4.31 Å². The number of thiophene rings is 1. The summed E-state index contributed by atoms with van der Waals surface area (Å²) >= 11 is 1.18. The van der Waals surface area contributed by atoms with Gasteiger partial charge in [0.25, 0.3) is 15.9 Å². The summed E-state index contributed by atoms with van der Waals surface area (Å²) in [5.41, 5.74) is 1.20. The zero-order chi connectivity index (χ0) is 21.1. The molecule has 1 fully saturated rings. The molecule has 154 valence electrons. The maximum absolute atomic E-state index is 13.1. The van der Waals surface area contributed by atoms with Crippen LogP contribution in [-0.2, 0) is 10.0 Å². The number of piperazine rings is 1. The maximum atomic E-state index is 13.1. The van der Waals surface area contributed by atoms with Crippen LogP contribution < -0.4 is 0 Å². The number of nitrogens with zero attached hydrogens (tertiary/aromatic N) is 2. The molecule has 1 aliphatic rings. The van der Waals surface area contributed by atoms with Crippen LogP contribution in [0.5, 0.6) is 0 Å². The van der Waals surface area contributed by atoms with Gasteiger partial charge < -0.3 is 4.90 Å². The van der Waals surface area contributed by atoms with Crippen LogP contribution >= 0.6 is 11.3 Å². The van der Waals surface area contributed by atoms with Crippen molar-refractivity contribution in [3.8, 4) is 0 Å². The summed E-state index contributed by atoms with van der Waals surface area (Å²) in [5.74, 6) is -0.471. The normalized spacial score (nSPS) is 15.1. The Bertz CT molecular complexity index is 1150. The molecule has 2 aromatic carbocycles. The third-order valence-electron chi connectivity index (χ3n) is 5.05. The third kappa shape index (κ3) is 3.94. The Kier molecular flexibility index (Phi) is 5.80. The zero-order valence-electron chi connectivity index (χ0n) is 16.1. The summed E-state index contributed by atoms with van der Waals surface area (Å²) in [5, 5.41) is 1.73. The molecule has 0 atom stereocenters. The van der Waals surface area contributed by atoms with Crippen LogP contribution in [0, 0.1) is 0 Å². The summed E-state index contributed by atoms with van der Waals surface area (Å²) in [6.45, 7) is 0.996. The first-order valence-electron chi connectivity index (χ1n) is 9.50. The molecule has 0 bridgehead atoms. The highest BCUT2D eigenvalue weighted by Gasteiger charge is 2.32. The quantitative estimate of drug-likeness (QED) is 0.572. The Morgan fingerprint density at radius 1 is 0.767 bits per heavy atom. The molecule has 0 spiro atoms. The standard InChI is InChI=1S/C22H20N2O4S2/c25-21(17-7-2-1-3-8-17)18-9-4-5-10-19(18)22(26)23-12-14-24(15-13-23)30(27,28)20-11-6-16-29-20/h1-11,16H,12-15H2. The predicted octanol–water partition coefficient (Wildman–Crippen LogP) is 3.13. The molecule has 1 aromatic heterocycles. The average molecular weight is 441 g/mol. The van der Waals surface area contributed by atoms with E-state index in [1.807, 2.05) is 6.07 Å². The molecule has 6 nitrogen and oxygen atoms in total. The molecule has 0 unspecified atom stereocenters. The van der Waals surface area contributed by atoms with Crippen molar-refractivity contribution >= 4 is 33.1 Å². The van der Waals surface area contributed by atoms with E-state index in [1.54, 1.807) is 70.9 Å². The summed E-state index contributed by atoms with van der Waals surface area (Å²) in [6, 6.07) is 18.9. The Balaban J connectivity index is 1.51. The summed E-state index contributed by atoms with van der Waals surface area (Å²) in [4.78, 5) is 27.7. The Morgan fingerprint density at radius 2 is 1.40 bits per heavy atom. The second-order valence-electron chi connectivity index (χ2n) is 6.87. The van der Waals surface area contributed by atoms with E-state index in [2.05, 4.69) is 0 Å².